The van der Waals surface area contributed by atoms with Crippen LogP contribution in [0, 0.1) is 5.92 Å². The predicted molar refractivity (Wildman–Crippen MR) is 159 cm³/mol. The van der Waals surface area contributed by atoms with E-state index < -0.39 is 42.0 Å². The Kier molecular flexibility index (Phi) is 11.6. The largest absolute Gasteiger partial charge is 0.481 e. The van der Waals surface area contributed by atoms with E-state index in [9.17, 15) is 24.3 Å². The van der Waals surface area contributed by atoms with Gasteiger partial charge < -0.3 is 40.1 Å². The van der Waals surface area contributed by atoms with E-state index in [4.69, 9.17) is 25.2 Å². The Hall–Kier alpha value is -3.43. The van der Waals surface area contributed by atoms with Gasteiger partial charge in [-0.3, -0.25) is 14.4 Å². The molecule has 1 saturated heterocycles. The van der Waals surface area contributed by atoms with E-state index in [2.05, 4.69) is 34.1 Å². The van der Waals surface area contributed by atoms with E-state index >= 15 is 0 Å². The fourth-order valence-electron chi connectivity index (χ4n) is 5.71. The number of likely N-dealkylation sites (N-methyl/N-ethyl adjacent to an activating group) is 1. The van der Waals surface area contributed by atoms with Crippen molar-refractivity contribution in [3.63, 3.8) is 0 Å². The number of fused-ring (bicyclic) bond motifs is 2. The van der Waals surface area contributed by atoms with Crippen LogP contribution < -0.4 is 0 Å². The van der Waals surface area contributed by atoms with Crippen molar-refractivity contribution in [2.24, 2.45) is 5.92 Å². The number of aromatic nitrogens is 1. The van der Waals surface area contributed by atoms with Gasteiger partial charge in [0.15, 0.2) is 5.60 Å². The number of carbonyl (C=O) groups excluding carboxylic acids is 1. The molecule has 2 aliphatic rings. The van der Waals surface area contributed by atoms with E-state index in [0.717, 1.165) is 31.6 Å². The van der Waals surface area contributed by atoms with Gasteiger partial charge in [-0.1, -0.05) is 24.3 Å². The van der Waals surface area contributed by atoms with Gasteiger partial charge in [-0.15, -0.1) is 11.3 Å². The van der Waals surface area contributed by atoms with Gasteiger partial charge in [-0.2, -0.15) is 0 Å². The lowest BCUT2D eigenvalue weighted by molar-refractivity contribution is -0.170. The minimum absolute atomic E-state index is 0.0675. The lowest BCUT2D eigenvalue weighted by Gasteiger charge is -2.40. The van der Waals surface area contributed by atoms with Crippen molar-refractivity contribution in [3.8, 4) is 0 Å². The van der Waals surface area contributed by atoms with Crippen LogP contribution in [-0.4, -0.2) is 109 Å². The van der Waals surface area contributed by atoms with Crippen molar-refractivity contribution in [3.05, 3.63) is 52.0 Å². The molecule has 44 heavy (non-hydrogen) atoms. The average Bonchev–Trinajstić information content (AvgIpc) is 3.56. The summed E-state index contributed by atoms with van der Waals surface area (Å²) >= 11 is 1.56. The molecule has 1 fully saturated rings. The first kappa shape index (κ1) is 35.1. The highest BCUT2D eigenvalue weighted by Crippen LogP contribution is 2.44. The minimum Gasteiger partial charge on any atom is -0.481 e. The van der Waals surface area contributed by atoms with Crippen LogP contribution in [0.2, 0.25) is 0 Å². The third-order valence-electron chi connectivity index (χ3n) is 7.73. The number of carboxylic acid groups (broad SMARTS) is 3. The summed E-state index contributed by atoms with van der Waals surface area (Å²) in [6.07, 6.45) is 0.227. The minimum atomic E-state index is -2.74. The molecule has 0 aliphatic carbocycles. The van der Waals surface area contributed by atoms with Crippen LogP contribution in [0.15, 0.2) is 35.2 Å². The van der Waals surface area contributed by atoms with Gasteiger partial charge in [0.1, 0.15) is 0 Å². The molecule has 2 aromatic rings. The van der Waals surface area contributed by atoms with Gasteiger partial charge in [0, 0.05) is 45.0 Å². The lowest BCUT2D eigenvalue weighted by Crippen LogP contribution is -2.48. The van der Waals surface area contributed by atoms with Gasteiger partial charge in [-0.05, 0) is 37.8 Å². The maximum Gasteiger partial charge on any atom is 0.336 e. The number of benzene rings is 1. The van der Waals surface area contributed by atoms with Crippen molar-refractivity contribution < 1.29 is 49.4 Å². The van der Waals surface area contributed by atoms with Crippen LogP contribution in [0.3, 0.4) is 0 Å². The zero-order valence-electron chi connectivity index (χ0n) is 25.1. The Balaban J connectivity index is 0.000000345. The molecule has 1 unspecified atom stereocenters. The molecule has 1 atom stereocenters. The molecule has 13 nitrogen and oxygen atoms in total. The quantitative estimate of drug-likeness (QED) is 0.227. The highest BCUT2D eigenvalue weighted by molar-refractivity contribution is 7.07. The summed E-state index contributed by atoms with van der Waals surface area (Å²) in [5.41, 5.74) is 1.60. The third-order valence-corrected chi connectivity index (χ3v) is 8.36. The monoisotopic (exact) mass is 635 g/mol. The molecule has 0 radical (unpaired) electrons. The second kappa shape index (κ2) is 14.6. The van der Waals surface area contributed by atoms with Crippen molar-refractivity contribution in [2.75, 3.05) is 33.2 Å². The first-order valence-corrected chi connectivity index (χ1v) is 15.2. The summed E-state index contributed by atoms with van der Waals surface area (Å²) in [6.45, 7) is 6.99. The number of piperidine rings is 1. The standard InChI is InChI=1S/C24H33N3O3S.C6H8O7/c1-23(2,29)16-26(3)22(28)19(12-20-15-31-17-25-20)13-27-10-8-24(9-11-27)21-7-5-4-6-18(21)14-30-24;7-3(8)1-6(13,5(11)12)2-4(9)10/h4-7,15,17,19,29H,8-14,16H2,1-3H3;13H,1-2H2,(H,7,8)(H,9,10)(H,11,12). The van der Waals surface area contributed by atoms with E-state index in [1.807, 2.05) is 10.9 Å². The van der Waals surface area contributed by atoms with E-state index in [0.29, 0.717) is 26.1 Å². The number of aliphatic hydroxyl groups is 2. The second-order valence-electron chi connectivity index (χ2n) is 12.1. The van der Waals surface area contributed by atoms with E-state index in [1.165, 1.54) is 11.1 Å². The lowest BCUT2D eigenvalue weighted by atomic mass is 9.83. The van der Waals surface area contributed by atoms with Crippen LogP contribution in [-0.2, 0) is 42.5 Å². The molecule has 1 amide bonds. The summed E-state index contributed by atoms with van der Waals surface area (Å²) < 4.78 is 6.29. The van der Waals surface area contributed by atoms with Crippen LogP contribution in [0.5, 0.6) is 0 Å². The number of aliphatic carboxylic acids is 3. The van der Waals surface area contributed by atoms with E-state index in [-0.39, 0.29) is 17.4 Å². The van der Waals surface area contributed by atoms with E-state index in [1.54, 1.807) is 37.1 Å². The molecule has 4 rings (SSSR count). The Morgan fingerprint density at radius 3 is 2.20 bits per heavy atom. The van der Waals surface area contributed by atoms with Crippen molar-refractivity contribution in [1.29, 1.82) is 0 Å². The van der Waals surface area contributed by atoms with Gasteiger partial charge >= 0.3 is 17.9 Å². The first-order valence-electron chi connectivity index (χ1n) is 14.2. The van der Waals surface area contributed by atoms with Crippen LogP contribution in [0.25, 0.3) is 0 Å². The molecule has 1 aromatic heterocycles. The molecule has 0 saturated carbocycles. The fraction of sp³-hybridized carbons (Fsp3) is 0.567. The number of carboxylic acids is 3. The molecule has 242 valence electrons. The third kappa shape index (κ3) is 9.53. The topological polar surface area (TPSA) is 198 Å². The predicted octanol–water partition coefficient (Wildman–Crippen LogP) is 1.80. The summed E-state index contributed by atoms with van der Waals surface area (Å²) in [6, 6.07) is 8.55. The highest BCUT2D eigenvalue weighted by atomic mass is 32.1. The number of likely N-dealkylation sites (tertiary alicyclic amines) is 1. The van der Waals surface area contributed by atoms with Crippen LogP contribution in [0.1, 0.15) is 56.4 Å². The number of rotatable bonds is 12. The van der Waals surface area contributed by atoms with Crippen molar-refractivity contribution in [2.45, 2.75) is 69.4 Å². The van der Waals surface area contributed by atoms with Gasteiger partial charge in [0.05, 0.1) is 47.8 Å². The molecular formula is C30H41N3O10S. The zero-order valence-corrected chi connectivity index (χ0v) is 26.0. The van der Waals surface area contributed by atoms with Crippen molar-refractivity contribution >= 4 is 35.2 Å². The van der Waals surface area contributed by atoms with Crippen molar-refractivity contribution in [1.82, 2.24) is 14.8 Å². The Bertz CT molecular complexity index is 1290. The Morgan fingerprint density at radius 2 is 1.68 bits per heavy atom. The highest BCUT2D eigenvalue weighted by Gasteiger charge is 2.43. The Labute approximate surface area is 259 Å². The summed E-state index contributed by atoms with van der Waals surface area (Å²) in [7, 11) is 1.78. The molecule has 0 bridgehead atoms. The molecule has 1 spiro atoms. The molecule has 14 heteroatoms. The van der Waals surface area contributed by atoms with Crippen LogP contribution >= 0.6 is 11.3 Å². The average molecular weight is 636 g/mol. The maximum absolute atomic E-state index is 13.3. The second-order valence-corrected chi connectivity index (χ2v) is 12.8. The summed E-state index contributed by atoms with van der Waals surface area (Å²) in [5, 5.41) is 46.0. The summed E-state index contributed by atoms with van der Waals surface area (Å²) in [4.78, 5) is 52.2. The van der Waals surface area contributed by atoms with Gasteiger partial charge in [0.25, 0.3) is 0 Å². The number of nitrogens with zero attached hydrogens (tertiary/aromatic N) is 3. The fourth-order valence-corrected chi connectivity index (χ4v) is 6.28. The maximum atomic E-state index is 13.3. The molecular weight excluding hydrogens is 594 g/mol. The Morgan fingerprint density at radius 1 is 1.07 bits per heavy atom. The number of ether oxygens (including phenoxy) is 1. The molecule has 1 aromatic carbocycles. The number of hydrogen-bond acceptors (Lipinski definition) is 10. The normalized spacial score (nSPS) is 16.8. The number of carbonyl (C=O) groups is 4. The number of hydrogen-bond donors (Lipinski definition) is 5. The van der Waals surface area contributed by atoms with Gasteiger partial charge in [-0.25, -0.2) is 9.78 Å². The first-order chi connectivity index (χ1) is 20.5. The molecule has 2 aliphatic heterocycles. The molecule has 5 N–H and O–H groups in total. The zero-order chi connectivity index (χ0) is 32.7. The van der Waals surface area contributed by atoms with Crippen LogP contribution in [0.4, 0.5) is 0 Å². The smallest absolute Gasteiger partial charge is 0.336 e. The number of thiazole rings is 1. The molecule has 3 heterocycles. The van der Waals surface area contributed by atoms with Gasteiger partial charge in [0.2, 0.25) is 5.91 Å². The number of amides is 1. The summed E-state index contributed by atoms with van der Waals surface area (Å²) in [5.74, 6) is -5.13. The SMILES string of the molecule is CN(CC(C)(C)O)C(=O)C(Cc1cscn1)CN1CCC2(CC1)OCc1ccccc12.O=C(O)CC(O)(CC(=O)O)C(=O)O.